The van der Waals surface area contributed by atoms with Crippen LogP contribution in [0.4, 0.5) is 0 Å². The molecule has 2 nitrogen and oxygen atoms in total. The third-order valence-corrected chi connectivity index (χ3v) is 1.63. The number of nitrogens with zero attached hydrogens (tertiary/aromatic N) is 1. The highest BCUT2D eigenvalue weighted by atomic mass is 16.5. The Morgan fingerprint density at radius 2 is 2.30 bits per heavy atom. The van der Waals surface area contributed by atoms with Crippen LogP contribution < -0.4 is 10.2 Å². The van der Waals surface area contributed by atoms with Gasteiger partial charge in [-0.25, -0.2) is 0 Å². The molecule has 0 radical (unpaired) electrons. The van der Waals surface area contributed by atoms with Gasteiger partial charge in [0.05, 0.1) is 7.11 Å². The monoisotopic (exact) mass is 135 g/mol. The van der Waals surface area contributed by atoms with Crippen molar-refractivity contribution in [3.63, 3.8) is 0 Å². The molecule has 0 aliphatic carbocycles. The molecule has 1 aromatic rings. The van der Waals surface area contributed by atoms with Crippen molar-refractivity contribution in [1.82, 2.24) is 4.98 Å². The molecule has 0 bridgehead atoms. The van der Waals surface area contributed by atoms with E-state index in [0.29, 0.717) is 0 Å². The Morgan fingerprint density at radius 1 is 1.60 bits per heavy atom. The minimum absolute atomic E-state index is 0.910. The maximum atomic E-state index is 5.09. The summed E-state index contributed by atoms with van der Waals surface area (Å²) in [6.07, 6.45) is 1.75. The second-order valence-corrected chi connectivity index (χ2v) is 2.22. The molecular formula is C7H10BNO. The number of pyridine rings is 1. The summed E-state index contributed by atoms with van der Waals surface area (Å²) in [6.45, 7) is 1.97. The highest BCUT2D eigenvalue weighted by Crippen LogP contribution is 2.03. The number of rotatable bonds is 1. The molecule has 0 saturated heterocycles. The van der Waals surface area contributed by atoms with Crippen LogP contribution in [0, 0.1) is 6.92 Å². The third-order valence-electron chi connectivity index (χ3n) is 1.63. The molecule has 0 atom stereocenters. The second-order valence-electron chi connectivity index (χ2n) is 2.22. The quantitative estimate of drug-likeness (QED) is 0.491. The summed E-state index contributed by atoms with van der Waals surface area (Å²) >= 11 is 0. The lowest BCUT2D eigenvalue weighted by atomic mass is 9.94. The number of methoxy groups -OCH3 is 1. The fourth-order valence-corrected chi connectivity index (χ4v) is 0.838. The zero-order chi connectivity index (χ0) is 7.56. The van der Waals surface area contributed by atoms with Crippen LogP contribution >= 0.6 is 0 Å². The van der Waals surface area contributed by atoms with Gasteiger partial charge in [-0.05, 0) is 18.5 Å². The Hall–Kier alpha value is -0.985. The lowest BCUT2D eigenvalue weighted by molar-refractivity contribution is 0.417. The number of ether oxygens (including phenoxy) is 1. The number of aromatic nitrogens is 1. The van der Waals surface area contributed by atoms with E-state index in [-0.39, 0.29) is 0 Å². The standard InChI is InChI=1S/C7H10BNO/c1-5-7(8)6(10-2)3-4-9-5/h3-4H,8H2,1-2H3. The molecular weight excluding hydrogens is 125 g/mol. The van der Waals surface area contributed by atoms with Gasteiger partial charge in [-0.2, -0.15) is 0 Å². The minimum atomic E-state index is 0.910. The summed E-state index contributed by atoms with van der Waals surface area (Å²) in [7, 11) is 3.67. The molecule has 52 valence electrons. The van der Waals surface area contributed by atoms with E-state index in [4.69, 9.17) is 4.74 Å². The Balaban J connectivity index is 3.14. The fourth-order valence-electron chi connectivity index (χ4n) is 0.838. The van der Waals surface area contributed by atoms with Crippen LogP contribution in [0.3, 0.4) is 0 Å². The Morgan fingerprint density at radius 3 is 2.80 bits per heavy atom. The van der Waals surface area contributed by atoms with E-state index in [1.54, 1.807) is 13.3 Å². The van der Waals surface area contributed by atoms with E-state index < -0.39 is 0 Å². The van der Waals surface area contributed by atoms with Crippen molar-refractivity contribution in [2.45, 2.75) is 6.92 Å². The van der Waals surface area contributed by atoms with E-state index in [2.05, 4.69) is 4.98 Å². The van der Waals surface area contributed by atoms with Crippen molar-refractivity contribution in [2.24, 2.45) is 0 Å². The highest BCUT2D eigenvalue weighted by molar-refractivity contribution is 6.35. The van der Waals surface area contributed by atoms with Crippen LogP contribution in [0.1, 0.15) is 5.69 Å². The van der Waals surface area contributed by atoms with Gasteiger partial charge in [0, 0.05) is 11.9 Å². The van der Waals surface area contributed by atoms with Crippen LogP contribution in [-0.4, -0.2) is 19.9 Å². The van der Waals surface area contributed by atoms with Crippen molar-refractivity contribution in [3.05, 3.63) is 18.0 Å². The van der Waals surface area contributed by atoms with Gasteiger partial charge in [0.2, 0.25) is 0 Å². The van der Waals surface area contributed by atoms with Crippen LogP contribution in [0.25, 0.3) is 0 Å². The smallest absolute Gasteiger partial charge is 0.146 e. The first-order valence-electron chi connectivity index (χ1n) is 3.22. The van der Waals surface area contributed by atoms with Gasteiger partial charge in [-0.15, -0.1) is 0 Å². The van der Waals surface area contributed by atoms with Crippen LogP contribution in [-0.2, 0) is 0 Å². The average Bonchev–Trinajstić information content (AvgIpc) is 1.95. The van der Waals surface area contributed by atoms with Crippen molar-refractivity contribution < 1.29 is 4.74 Å². The topological polar surface area (TPSA) is 22.1 Å². The molecule has 0 unspecified atom stereocenters. The van der Waals surface area contributed by atoms with Crippen molar-refractivity contribution in [2.75, 3.05) is 7.11 Å². The predicted molar refractivity (Wildman–Crippen MR) is 43.7 cm³/mol. The third kappa shape index (κ3) is 1.13. The van der Waals surface area contributed by atoms with E-state index >= 15 is 0 Å². The molecule has 10 heavy (non-hydrogen) atoms. The lowest BCUT2D eigenvalue weighted by Crippen LogP contribution is -2.12. The molecule has 0 saturated carbocycles. The van der Waals surface area contributed by atoms with Crippen molar-refractivity contribution in [1.29, 1.82) is 0 Å². The molecule has 0 spiro atoms. The van der Waals surface area contributed by atoms with Crippen LogP contribution in [0.15, 0.2) is 12.3 Å². The average molecular weight is 135 g/mol. The zero-order valence-electron chi connectivity index (χ0n) is 6.51. The number of aryl methyl sites for hydroxylation is 1. The molecule has 0 aliphatic rings. The summed E-state index contributed by atoms with van der Waals surface area (Å²) in [5.74, 6) is 0.910. The normalized spacial score (nSPS) is 9.40. The van der Waals surface area contributed by atoms with E-state index in [1.807, 2.05) is 20.8 Å². The summed E-state index contributed by atoms with van der Waals surface area (Å²) in [6, 6.07) is 1.86. The molecule has 1 aromatic heterocycles. The predicted octanol–water partition coefficient (Wildman–Crippen LogP) is -0.343. The molecule has 0 N–H and O–H groups in total. The Bertz CT molecular complexity index is 237. The summed E-state index contributed by atoms with van der Waals surface area (Å²) in [4.78, 5) is 4.11. The Kier molecular flexibility index (Phi) is 1.95. The first-order chi connectivity index (χ1) is 4.75. The first-order valence-corrected chi connectivity index (χ1v) is 3.22. The minimum Gasteiger partial charge on any atom is -0.497 e. The molecule has 1 heterocycles. The van der Waals surface area contributed by atoms with Gasteiger partial charge in [0.25, 0.3) is 0 Å². The van der Waals surface area contributed by atoms with Crippen molar-refractivity contribution in [3.8, 4) is 5.75 Å². The molecule has 1 rings (SSSR count). The largest absolute Gasteiger partial charge is 0.497 e. The Labute approximate surface area is 61.6 Å². The number of hydrogen-bond acceptors (Lipinski definition) is 2. The summed E-state index contributed by atoms with van der Waals surface area (Å²) < 4.78 is 5.09. The SMILES string of the molecule is Bc1c(OC)ccnc1C. The summed E-state index contributed by atoms with van der Waals surface area (Å²) in [5, 5.41) is 0. The number of hydrogen-bond donors (Lipinski definition) is 0. The van der Waals surface area contributed by atoms with Gasteiger partial charge in [0.1, 0.15) is 13.6 Å². The maximum Gasteiger partial charge on any atom is 0.146 e. The molecule has 0 fully saturated rings. The van der Waals surface area contributed by atoms with E-state index in [1.165, 1.54) is 0 Å². The van der Waals surface area contributed by atoms with Crippen molar-refractivity contribution >= 4 is 13.3 Å². The van der Waals surface area contributed by atoms with E-state index in [9.17, 15) is 0 Å². The zero-order valence-corrected chi connectivity index (χ0v) is 6.51. The molecule has 0 aliphatic heterocycles. The van der Waals surface area contributed by atoms with Gasteiger partial charge >= 0.3 is 0 Å². The molecule has 3 heteroatoms. The van der Waals surface area contributed by atoms with E-state index in [0.717, 1.165) is 16.9 Å². The fraction of sp³-hybridized carbons (Fsp3) is 0.286. The van der Waals surface area contributed by atoms with Gasteiger partial charge in [0.15, 0.2) is 0 Å². The molecule has 0 aromatic carbocycles. The lowest BCUT2D eigenvalue weighted by Gasteiger charge is -2.04. The molecule has 0 amide bonds. The van der Waals surface area contributed by atoms with Gasteiger partial charge in [-0.3, -0.25) is 4.98 Å². The van der Waals surface area contributed by atoms with Crippen LogP contribution in [0.2, 0.25) is 0 Å². The van der Waals surface area contributed by atoms with Crippen LogP contribution in [0.5, 0.6) is 5.75 Å². The second kappa shape index (κ2) is 2.73. The highest BCUT2D eigenvalue weighted by Gasteiger charge is 1.98. The maximum absolute atomic E-state index is 5.09. The first kappa shape index (κ1) is 7.13. The summed E-state index contributed by atoms with van der Waals surface area (Å²) in [5.41, 5.74) is 2.14. The van der Waals surface area contributed by atoms with Gasteiger partial charge in [-0.1, -0.05) is 0 Å². The van der Waals surface area contributed by atoms with Gasteiger partial charge < -0.3 is 4.74 Å².